The first-order valence-electron chi connectivity index (χ1n) is 6.44. The molecule has 100 valence electrons. The Morgan fingerprint density at radius 2 is 2.16 bits per heavy atom. The summed E-state index contributed by atoms with van der Waals surface area (Å²) in [4.78, 5) is 16.4. The number of nitrogens with one attached hydrogen (secondary N) is 1. The molecule has 0 spiro atoms. The van der Waals surface area contributed by atoms with E-state index in [1.54, 1.807) is 12.3 Å². The highest BCUT2D eigenvalue weighted by Crippen LogP contribution is 2.15. The molecule has 1 aromatic heterocycles. The SMILES string of the molecule is CC(Cl)CCCNC(=O)c1cccc2cccnc12. The number of fused-ring (bicyclic) bond motifs is 1. The molecule has 1 atom stereocenters. The minimum Gasteiger partial charge on any atom is -0.352 e. The van der Waals surface area contributed by atoms with Crippen LogP contribution in [0.4, 0.5) is 0 Å². The van der Waals surface area contributed by atoms with Gasteiger partial charge in [0.1, 0.15) is 0 Å². The highest BCUT2D eigenvalue weighted by molar-refractivity contribution is 6.20. The van der Waals surface area contributed by atoms with E-state index in [9.17, 15) is 4.79 Å². The van der Waals surface area contributed by atoms with Crippen molar-refractivity contribution in [3.63, 3.8) is 0 Å². The van der Waals surface area contributed by atoms with Crippen molar-refractivity contribution in [3.05, 3.63) is 42.1 Å². The summed E-state index contributed by atoms with van der Waals surface area (Å²) in [6.07, 6.45) is 3.48. The third-order valence-electron chi connectivity index (χ3n) is 2.94. The van der Waals surface area contributed by atoms with Crippen molar-refractivity contribution in [1.29, 1.82) is 0 Å². The van der Waals surface area contributed by atoms with Crippen LogP contribution in [0.2, 0.25) is 0 Å². The molecule has 0 aliphatic heterocycles. The molecule has 0 bridgehead atoms. The number of amides is 1. The van der Waals surface area contributed by atoms with Crippen LogP contribution in [0.25, 0.3) is 10.9 Å². The molecule has 0 fully saturated rings. The normalized spacial score (nSPS) is 12.3. The van der Waals surface area contributed by atoms with E-state index in [0.29, 0.717) is 12.1 Å². The van der Waals surface area contributed by atoms with Crippen LogP contribution in [0.5, 0.6) is 0 Å². The smallest absolute Gasteiger partial charge is 0.253 e. The molecule has 4 heteroatoms. The lowest BCUT2D eigenvalue weighted by Gasteiger charge is -2.08. The fourth-order valence-corrected chi connectivity index (χ4v) is 2.12. The summed E-state index contributed by atoms with van der Waals surface area (Å²) >= 11 is 5.87. The van der Waals surface area contributed by atoms with Gasteiger partial charge < -0.3 is 5.32 Å². The molecule has 0 saturated carbocycles. The Bertz CT molecular complexity index is 564. The predicted molar refractivity (Wildman–Crippen MR) is 78.6 cm³/mol. The van der Waals surface area contributed by atoms with Crippen molar-refractivity contribution in [1.82, 2.24) is 10.3 Å². The molecule has 1 amide bonds. The van der Waals surface area contributed by atoms with Gasteiger partial charge in [-0.25, -0.2) is 0 Å². The van der Waals surface area contributed by atoms with E-state index in [4.69, 9.17) is 11.6 Å². The Kier molecular flexibility index (Phi) is 4.74. The Morgan fingerprint density at radius 3 is 2.95 bits per heavy atom. The molecular weight excluding hydrogens is 260 g/mol. The highest BCUT2D eigenvalue weighted by atomic mass is 35.5. The maximum Gasteiger partial charge on any atom is 0.253 e. The van der Waals surface area contributed by atoms with Gasteiger partial charge in [-0.2, -0.15) is 0 Å². The van der Waals surface area contributed by atoms with Crippen LogP contribution < -0.4 is 5.32 Å². The van der Waals surface area contributed by atoms with E-state index in [0.717, 1.165) is 23.7 Å². The Hall–Kier alpha value is -1.61. The van der Waals surface area contributed by atoms with Gasteiger partial charge >= 0.3 is 0 Å². The average Bonchev–Trinajstić information content (AvgIpc) is 2.42. The van der Waals surface area contributed by atoms with Gasteiger partial charge in [0.25, 0.3) is 5.91 Å². The molecule has 1 aromatic carbocycles. The monoisotopic (exact) mass is 276 g/mol. The van der Waals surface area contributed by atoms with Crippen LogP contribution in [0.1, 0.15) is 30.1 Å². The van der Waals surface area contributed by atoms with Gasteiger partial charge in [-0.05, 0) is 31.9 Å². The Labute approximate surface area is 118 Å². The third kappa shape index (κ3) is 3.67. The molecule has 1 heterocycles. The number of rotatable bonds is 5. The summed E-state index contributed by atoms with van der Waals surface area (Å²) in [6, 6.07) is 9.45. The van der Waals surface area contributed by atoms with Crippen molar-refractivity contribution in [2.24, 2.45) is 0 Å². The number of halogens is 1. The topological polar surface area (TPSA) is 42.0 Å². The van der Waals surface area contributed by atoms with Gasteiger partial charge in [0, 0.05) is 23.5 Å². The van der Waals surface area contributed by atoms with Crippen molar-refractivity contribution in [2.45, 2.75) is 25.1 Å². The summed E-state index contributed by atoms with van der Waals surface area (Å²) < 4.78 is 0. The minimum absolute atomic E-state index is 0.0773. The summed E-state index contributed by atoms with van der Waals surface area (Å²) in [6.45, 7) is 2.59. The summed E-state index contributed by atoms with van der Waals surface area (Å²) in [5.74, 6) is -0.0773. The predicted octanol–water partition coefficient (Wildman–Crippen LogP) is 3.37. The number of para-hydroxylation sites is 1. The number of benzene rings is 1. The van der Waals surface area contributed by atoms with Crippen molar-refractivity contribution in [2.75, 3.05) is 6.54 Å². The van der Waals surface area contributed by atoms with Gasteiger partial charge in [-0.3, -0.25) is 9.78 Å². The zero-order valence-electron chi connectivity index (χ0n) is 10.9. The number of alkyl halides is 1. The molecule has 0 saturated heterocycles. The van der Waals surface area contributed by atoms with E-state index in [2.05, 4.69) is 10.3 Å². The molecule has 1 unspecified atom stereocenters. The Balaban J connectivity index is 2.05. The summed E-state index contributed by atoms with van der Waals surface area (Å²) in [5, 5.41) is 4.03. The summed E-state index contributed by atoms with van der Waals surface area (Å²) in [7, 11) is 0. The second-order valence-electron chi connectivity index (χ2n) is 4.56. The second-order valence-corrected chi connectivity index (χ2v) is 5.30. The van der Waals surface area contributed by atoms with Crippen LogP contribution in [0.3, 0.4) is 0 Å². The zero-order valence-corrected chi connectivity index (χ0v) is 11.7. The number of nitrogens with zero attached hydrogens (tertiary/aromatic N) is 1. The molecule has 2 aromatic rings. The third-order valence-corrected chi connectivity index (χ3v) is 3.16. The van der Waals surface area contributed by atoms with E-state index in [1.165, 1.54) is 0 Å². The lowest BCUT2D eigenvalue weighted by Crippen LogP contribution is -2.25. The van der Waals surface area contributed by atoms with Crippen molar-refractivity contribution < 1.29 is 4.79 Å². The molecular formula is C15H17ClN2O. The number of hydrogen-bond donors (Lipinski definition) is 1. The van der Waals surface area contributed by atoms with E-state index in [-0.39, 0.29) is 11.3 Å². The molecule has 0 radical (unpaired) electrons. The maximum absolute atomic E-state index is 12.1. The molecule has 0 aliphatic carbocycles. The van der Waals surface area contributed by atoms with Crippen molar-refractivity contribution >= 4 is 28.4 Å². The van der Waals surface area contributed by atoms with Gasteiger partial charge in [0.05, 0.1) is 11.1 Å². The number of carbonyl (C=O) groups excluding carboxylic acids is 1. The number of aromatic nitrogens is 1. The standard InChI is InChI=1S/C15H17ClN2O/c1-11(16)5-3-10-18-15(19)13-8-2-6-12-7-4-9-17-14(12)13/h2,4,6-9,11H,3,5,10H2,1H3,(H,18,19). The first-order valence-corrected chi connectivity index (χ1v) is 6.88. The van der Waals surface area contributed by atoms with E-state index in [1.807, 2.05) is 31.2 Å². The second kappa shape index (κ2) is 6.53. The number of carbonyl (C=O) groups is 1. The molecule has 1 N–H and O–H groups in total. The van der Waals surface area contributed by atoms with Crippen LogP contribution in [0.15, 0.2) is 36.5 Å². The summed E-state index contributed by atoms with van der Waals surface area (Å²) in [5.41, 5.74) is 1.37. The van der Waals surface area contributed by atoms with Gasteiger partial charge in [0.2, 0.25) is 0 Å². The molecule has 0 aliphatic rings. The average molecular weight is 277 g/mol. The van der Waals surface area contributed by atoms with Crippen LogP contribution in [-0.4, -0.2) is 22.8 Å². The first kappa shape index (κ1) is 13.8. The van der Waals surface area contributed by atoms with Crippen LogP contribution in [-0.2, 0) is 0 Å². The van der Waals surface area contributed by atoms with E-state index >= 15 is 0 Å². The van der Waals surface area contributed by atoms with Gasteiger partial charge in [-0.1, -0.05) is 18.2 Å². The maximum atomic E-state index is 12.1. The number of pyridine rings is 1. The van der Waals surface area contributed by atoms with Gasteiger partial charge in [0.15, 0.2) is 0 Å². The largest absolute Gasteiger partial charge is 0.352 e. The lowest BCUT2D eigenvalue weighted by atomic mass is 10.1. The molecule has 19 heavy (non-hydrogen) atoms. The van der Waals surface area contributed by atoms with Crippen LogP contribution in [0, 0.1) is 0 Å². The zero-order chi connectivity index (χ0) is 13.7. The van der Waals surface area contributed by atoms with Crippen LogP contribution >= 0.6 is 11.6 Å². The fraction of sp³-hybridized carbons (Fsp3) is 0.333. The minimum atomic E-state index is -0.0773. The highest BCUT2D eigenvalue weighted by Gasteiger charge is 2.09. The van der Waals surface area contributed by atoms with Crippen molar-refractivity contribution in [3.8, 4) is 0 Å². The molecule has 2 rings (SSSR count). The van der Waals surface area contributed by atoms with Gasteiger partial charge in [-0.15, -0.1) is 11.6 Å². The lowest BCUT2D eigenvalue weighted by molar-refractivity contribution is 0.0954. The fourth-order valence-electron chi connectivity index (χ4n) is 1.97. The first-order chi connectivity index (χ1) is 9.18. The number of hydrogen-bond acceptors (Lipinski definition) is 2. The quantitative estimate of drug-likeness (QED) is 0.672. The Morgan fingerprint density at radius 1 is 1.37 bits per heavy atom. The van der Waals surface area contributed by atoms with E-state index < -0.39 is 0 Å². The molecule has 3 nitrogen and oxygen atoms in total.